The van der Waals surface area contributed by atoms with Crippen LogP contribution in [0.25, 0.3) is 0 Å². The number of benzene rings is 2. The van der Waals surface area contributed by atoms with Gasteiger partial charge < -0.3 is 19.7 Å². The van der Waals surface area contributed by atoms with E-state index in [0.29, 0.717) is 11.5 Å². The molecule has 30 heavy (non-hydrogen) atoms. The third kappa shape index (κ3) is 6.79. The van der Waals surface area contributed by atoms with E-state index in [9.17, 15) is 9.59 Å². The Labute approximate surface area is 179 Å². The smallest absolute Gasteiger partial charge is 0.261 e. The van der Waals surface area contributed by atoms with Crippen LogP contribution in [0.4, 0.5) is 0 Å². The van der Waals surface area contributed by atoms with Crippen molar-refractivity contribution in [1.29, 1.82) is 0 Å². The lowest BCUT2D eigenvalue weighted by Crippen LogP contribution is -2.50. The minimum absolute atomic E-state index is 0.0391. The number of rotatable bonds is 10. The molecule has 0 aliphatic rings. The predicted molar refractivity (Wildman–Crippen MR) is 118 cm³/mol. The second kappa shape index (κ2) is 11.2. The van der Waals surface area contributed by atoms with Crippen molar-refractivity contribution in [3.05, 3.63) is 59.7 Å². The van der Waals surface area contributed by atoms with Crippen molar-refractivity contribution in [2.24, 2.45) is 0 Å². The fraction of sp³-hybridized carbons (Fsp3) is 0.417. The first-order valence-corrected chi connectivity index (χ1v) is 10.3. The molecule has 0 saturated heterocycles. The molecule has 2 rings (SSSR count). The molecule has 0 aliphatic carbocycles. The molecule has 0 spiro atoms. The first-order valence-electron chi connectivity index (χ1n) is 10.3. The minimum atomic E-state index is -0.640. The van der Waals surface area contributed by atoms with Crippen LogP contribution in [0.2, 0.25) is 0 Å². The van der Waals surface area contributed by atoms with Crippen molar-refractivity contribution < 1.29 is 19.1 Å². The number of carbonyl (C=O) groups excluding carboxylic acids is 2. The Hall–Kier alpha value is -3.02. The molecule has 162 valence electrons. The second-order valence-electron chi connectivity index (χ2n) is 7.47. The van der Waals surface area contributed by atoms with Crippen LogP contribution in [0.1, 0.15) is 38.3 Å². The number of nitrogens with zero attached hydrogens (tertiary/aromatic N) is 1. The maximum Gasteiger partial charge on any atom is 0.261 e. The topological polar surface area (TPSA) is 67.9 Å². The molecule has 0 fully saturated rings. The molecule has 0 bridgehead atoms. The fourth-order valence-electron chi connectivity index (χ4n) is 2.95. The summed E-state index contributed by atoms with van der Waals surface area (Å²) < 4.78 is 11.0. The van der Waals surface area contributed by atoms with E-state index in [1.54, 1.807) is 18.9 Å². The van der Waals surface area contributed by atoms with Gasteiger partial charge in [0.05, 0.1) is 7.11 Å². The molecular weight excluding hydrogens is 380 g/mol. The first kappa shape index (κ1) is 23.3. The molecule has 0 unspecified atom stereocenters. The van der Waals surface area contributed by atoms with E-state index in [2.05, 4.69) is 5.32 Å². The molecule has 2 aromatic carbocycles. The van der Waals surface area contributed by atoms with Gasteiger partial charge in [0.15, 0.2) is 6.61 Å². The molecule has 6 nitrogen and oxygen atoms in total. The van der Waals surface area contributed by atoms with E-state index in [4.69, 9.17) is 9.47 Å². The van der Waals surface area contributed by atoms with E-state index >= 15 is 0 Å². The highest BCUT2D eigenvalue weighted by atomic mass is 16.5. The maximum absolute atomic E-state index is 13.1. The Morgan fingerprint density at radius 2 is 1.77 bits per heavy atom. The van der Waals surface area contributed by atoms with E-state index in [0.717, 1.165) is 17.5 Å². The molecule has 2 atom stereocenters. The highest BCUT2D eigenvalue weighted by Gasteiger charge is 2.27. The Kier molecular flexibility index (Phi) is 8.71. The molecule has 0 heterocycles. The molecule has 2 aromatic rings. The van der Waals surface area contributed by atoms with Crippen molar-refractivity contribution in [2.75, 3.05) is 13.7 Å². The molecule has 6 heteroatoms. The van der Waals surface area contributed by atoms with Crippen LogP contribution in [0.3, 0.4) is 0 Å². The minimum Gasteiger partial charge on any atom is -0.497 e. The fourth-order valence-corrected chi connectivity index (χ4v) is 2.95. The average molecular weight is 413 g/mol. The van der Waals surface area contributed by atoms with Crippen LogP contribution in [-0.2, 0) is 16.1 Å². The highest BCUT2D eigenvalue weighted by molar-refractivity contribution is 5.88. The second-order valence-corrected chi connectivity index (χ2v) is 7.47. The van der Waals surface area contributed by atoms with Gasteiger partial charge in [-0.1, -0.05) is 31.2 Å². The quantitative estimate of drug-likeness (QED) is 0.646. The lowest BCUT2D eigenvalue weighted by Gasteiger charge is -2.29. The molecule has 2 amide bonds. The van der Waals surface area contributed by atoms with Crippen molar-refractivity contribution in [3.63, 3.8) is 0 Å². The molecule has 0 saturated carbocycles. The van der Waals surface area contributed by atoms with Gasteiger partial charge in [-0.05, 0) is 62.6 Å². The monoisotopic (exact) mass is 412 g/mol. The third-order valence-corrected chi connectivity index (χ3v) is 5.01. The Morgan fingerprint density at radius 3 is 2.43 bits per heavy atom. The number of aryl methyl sites for hydroxylation is 1. The summed E-state index contributed by atoms with van der Waals surface area (Å²) in [4.78, 5) is 27.3. The van der Waals surface area contributed by atoms with Gasteiger partial charge in [0.2, 0.25) is 5.91 Å². The summed E-state index contributed by atoms with van der Waals surface area (Å²) in [5.41, 5.74) is 1.93. The Bertz CT molecular complexity index is 853. The lowest BCUT2D eigenvalue weighted by atomic mass is 10.1. The van der Waals surface area contributed by atoms with Crippen LogP contribution in [0.15, 0.2) is 48.5 Å². The number of amides is 2. The zero-order valence-electron chi connectivity index (χ0n) is 18.5. The summed E-state index contributed by atoms with van der Waals surface area (Å²) in [6, 6.07) is 14.4. The number of hydrogen-bond acceptors (Lipinski definition) is 4. The summed E-state index contributed by atoms with van der Waals surface area (Å²) in [7, 11) is 1.60. The molecule has 1 N–H and O–H groups in total. The largest absolute Gasteiger partial charge is 0.497 e. The summed E-state index contributed by atoms with van der Waals surface area (Å²) >= 11 is 0. The Morgan fingerprint density at radius 1 is 1.07 bits per heavy atom. The highest BCUT2D eigenvalue weighted by Crippen LogP contribution is 2.17. The molecule has 0 radical (unpaired) electrons. The van der Waals surface area contributed by atoms with Crippen molar-refractivity contribution in [1.82, 2.24) is 10.2 Å². The summed E-state index contributed by atoms with van der Waals surface area (Å²) in [6.45, 7) is 7.79. The van der Waals surface area contributed by atoms with Gasteiger partial charge in [-0.2, -0.15) is 0 Å². The van der Waals surface area contributed by atoms with E-state index < -0.39 is 6.04 Å². The number of hydrogen-bond donors (Lipinski definition) is 1. The van der Waals surface area contributed by atoms with Crippen molar-refractivity contribution in [2.45, 2.75) is 52.7 Å². The van der Waals surface area contributed by atoms with Gasteiger partial charge in [-0.25, -0.2) is 0 Å². The van der Waals surface area contributed by atoms with Gasteiger partial charge in [-0.15, -0.1) is 0 Å². The van der Waals surface area contributed by atoms with Crippen LogP contribution in [0.5, 0.6) is 11.5 Å². The van der Waals surface area contributed by atoms with Gasteiger partial charge in [0.1, 0.15) is 17.5 Å². The number of methoxy groups -OCH3 is 1. The predicted octanol–water partition coefficient (Wildman–Crippen LogP) is 3.71. The molecule has 0 aliphatic heterocycles. The number of carbonyl (C=O) groups is 2. The van der Waals surface area contributed by atoms with Gasteiger partial charge in [0, 0.05) is 12.6 Å². The zero-order chi connectivity index (χ0) is 22.1. The average Bonchev–Trinajstić information content (AvgIpc) is 2.75. The van der Waals surface area contributed by atoms with Gasteiger partial charge in [-0.3, -0.25) is 9.59 Å². The Balaban J connectivity index is 2.17. The molecular formula is C24H32N2O4. The normalized spacial score (nSPS) is 12.6. The van der Waals surface area contributed by atoms with Crippen LogP contribution < -0.4 is 14.8 Å². The zero-order valence-corrected chi connectivity index (χ0v) is 18.5. The van der Waals surface area contributed by atoms with Gasteiger partial charge >= 0.3 is 0 Å². The third-order valence-electron chi connectivity index (χ3n) is 5.01. The van der Waals surface area contributed by atoms with Crippen molar-refractivity contribution >= 4 is 11.8 Å². The van der Waals surface area contributed by atoms with E-state index in [1.807, 2.05) is 69.3 Å². The maximum atomic E-state index is 13.1. The standard InChI is InChI=1S/C24H32N2O4/c1-6-18(3)25-24(28)19(4)26(15-20-10-8-11-21(14-20)29-5)23(27)16-30-22-12-7-9-17(2)13-22/h7-14,18-19H,6,15-16H2,1-5H3,(H,25,28)/t18-,19+/m1/s1. The van der Waals surface area contributed by atoms with Crippen LogP contribution in [0, 0.1) is 6.92 Å². The summed E-state index contributed by atoms with van der Waals surface area (Å²) in [5, 5.41) is 2.96. The SMILES string of the molecule is CC[C@@H](C)NC(=O)[C@H](C)N(Cc1cccc(OC)c1)C(=O)COc1cccc(C)c1. The number of ether oxygens (including phenoxy) is 2. The van der Waals surface area contributed by atoms with E-state index in [1.165, 1.54) is 0 Å². The van der Waals surface area contributed by atoms with Crippen molar-refractivity contribution in [3.8, 4) is 11.5 Å². The summed E-state index contributed by atoms with van der Waals surface area (Å²) in [6.07, 6.45) is 0.818. The van der Waals surface area contributed by atoms with Crippen LogP contribution in [-0.4, -0.2) is 42.5 Å². The number of nitrogens with one attached hydrogen (secondary N) is 1. The molecule has 0 aromatic heterocycles. The van der Waals surface area contributed by atoms with Crippen LogP contribution >= 0.6 is 0 Å². The summed E-state index contributed by atoms with van der Waals surface area (Å²) in [5.74, 6) is 0.885. The lowest BCUT2D eigenvalue weighted by molar-refractivity contribution is -0.142. The van der Waals surface area contributed by atoms with E-state index in [-0.39, 0.29) is 31.0 Å². The van der Waals surface area contributed by atoms with Gasteiger partial charge in [0.25, 0.3) is 5.91 Å². The first-order chi connectivity index (χ1) is 14.3.